The van der Waals surface area contributed by atoms with E-state index in [1.807, 2.05) is 0 Å². The molecule has 0 aromatic heterocycles. The molecule has 1 saturated carbocycles. The molecule has 0 unspecified atom stereocenters. The van der Waals surface area contributed by atoms with Crippen LogP contribution < -0.4 is 11.5 Å². The van der Waals surface area contributed by atoms with Crippen molar-refractivity contribution >= 4 is 29.1 Å². The number of ketones is 2. The zero-order chi connectivity index (χ0) is 28.7. The Bertz CT molecular complexity index is 1390. The summed E-state index contributed by atoms with van der Waals surface area (Å²) in [6.07, 6.45) is 0.571. The van der Waals surface area contributed by atoms with Crippen molar-refractivity contribution in [2.24, 2.45) is 23.5 Å². The maximum atomic E-state index is 13.9. The fourth-order valence-electron chi connectivity index (χ4n) is 6.63. The molecule has 0 bridgehead atoms. The molecule has 208 valence electrons. The predicted octanol–water partition coefficient (Wildman–Crippen LogP) is 0.586. The largest absolute Gasteiger partial charge is 0.510 e. The summed E-state index contributed by atoms with van der Waals surface area (Å²) in [5, 5.41) is 45.4. The number of amides is 1. The number of carbonyl (C=O) groups is 4. The van der Waals surface area contributed by atoms with Crippen molar-refractivity contribution in [1.82, 2.24) is 4.90 Å². The van der Waals surface area contributed by atoms with Crippen LogP contribution in [0.4, 0.5) is 5.69 Å². The van der Waals surface area contributed by atoms with Crippen molar-refractivity contribution < 1.29 is 44.3 Å². The maximum absolute atomic E-state index is 13.9. The van der Waals surface area contributed by atoms with E-state index < -0.39 is 93.3 Å². The molecule has 0 saturated heterocycles. The number of phenols is 1. The Morgan fingerprint density at radius 1 is 1.13 bits per heavy atom. The number of Topliss-reactive ketones (excluding diaryl/α,β-unsaturated/α-hetero) is 2. The summed E-state index contributed by atoms with van der Waals surface area (Å²) in [6.45, 7) is 1.69. The Morgan fingerprint density at radius 3 is 2.31 bits per heavy atom. The van der Waals surface area contributed by atoms with Crippen LogP contribution in [0, 0.1) is 17.8 Å². The van der Waals surface area contributed by atoms with E-state index >= 15 is 0 Å². The van der Waals surface area contributed by atoms with Gasteiger partial charge in [0.25, 0.3) is 5.91 Å². The minimum atomic E-state index is -2.97. The van der Waals surface area contributed by atoms with Gasteiger partial charge in [0.2, 0.25) is 5.78 Å². The number of phenolic OH excluding ortho intramolecular Hbond substituents is 1. The van der Waals surface area contributed by atoms with Crippen molar-refractivity contribution in [2.75, 3.05) is 19.8 Å². The lowest BCUT2D eigenvalue weighted by atomic mass is 9.55. The standard InChI is InChI=1S/C27H31N3O9/c1-9-11-7-8-12(28)19(31)14(11)20(32)15-13(9)22(39-26(37)10-5-4-6-10)17-18(30(2)3)21(33)16(25(29)36)24(35)27(17,38)23(15)34/h7-10,13,17-18,22,31,33-34,38H,4-6,28H2,1-3H3,(H2,29,36)/t9-,13+,17+,18-,22-,27-/m0/s1. The number of benzene rings is 1. The molecule has 0 spiro atoms. The monoisotopic (exact) mass is 541 g/mol. The van der Waals surface area contributed by atoms with Crippen molar-refractivity contribution in [2.45, 2.75) is 49.9 Å². The quantitative estimate of drug-likeness (QED) is 0.134. The second kappa shape index (κ2) is 8.82. The van der Waals surface area contributed by atoms with Gasteiger partial charge < -0.3 is 36.6 Å². The number of nitrogens with zero attached hydrogens (tertiary/aromatic N) is 1. The number of rotatable bonds is 4. The highest BCUT2D eigenvalue weighted by Gasteiger charge is 2.68. The summed E-state index contributed by atoms with van der Waals surface area (Å²) in [6, 6.07) is 1.65. The second-order valence-corrected chi connectivity index (χ2v) is 11.1. The molecule has 5 rings (SSSR count). The van der Waals surface area contributed by atoms with Gasteiger partial charge in [-0.25, -0.2) is 0 Å². The molecule has 1 amide bonds. The number of aliphatic hydroxyl groups is 3. The first kappa shape index (κ1) is 26.7. The van der Waals surface area contributed by atoms with Gasteiger partial charge in [0.15, 0.2) is 11.4 Å². The van der Waals surface area contributed by atoms with E-state index in [4.69, 9.17) is 16.2 Å². The van der Waals surface area contributed by atoms with Gasteiger partial charge in [0.1, 0.15) is 28.9 Å². The normalized spacial score (nSPS) is 32.4. The van der Waals surface area contributed by atoms with Gasteiger partial charge in [-0.05, 0) is 44.5 Å². The smallest absolute Gasteiger partial charge is 0.309 e. The number of hydrogen-bond acceptors (Lipinski definition) is 11. The molecule has 12 heteroatoms. The number of fused-ring (bicyclic) bond motifs is 3. The minimum Gasteiger partial charge on any atom is -0.510 e. The third-order valence-electron chi connectivity index (χ3n) is 8.83. The summed E-state index contributed by atoms with van der Waals surface area (Å²) in [5.74, 6) is -10.3. The van der Waals surface area contributed by atoms with Crippen LogP contribution in [0.3, 0.4) is 0 Å². The third-order valence-corrected chi connectivity index (χ3v) is 8.83. The number of ether oxygens (including phenoxy) is 1. The van der Waals surface area contributed by atoms with E-state index in [0.29, 0.717) is 18.4 Å². The van der Waals surface area contributed by atoms with Crippen LogP contribution in [0.15, 0.2) is 34.8 Å². The first-order chi connectivity index (χ1) is 18.2. The molecule has 12 nitrogen and oxygen atoms in total. The van der Waals surface area contributed by atoms with Crippen LogP contribution in [0.25, 0.3) is 0 Å². The SMILES string of the molecule is C[C@H]1c2ccc(N)c(O)c2C(=O)C2=C(O)[C@]3(O)C(=O)C(C(N)=O)=C(O)[C@@H](N(C)C)[C@@H]3[C@@H](OC(=O)C3CCC3)[C@@H]21. The molecule has 4 aliphatic rings. The molecule has 1 aromatic rings. The molecule has 39 heavy (non-hydrogen) atoms. The van der Waals surface area contributed by atoms with Crippen molar-refractivity contribution in [1.29, 1.82) is 0 Å². The molecular formula is C27H31N3O9. The minimum absolute atomic E-state index is 0.0986. The van der Waals surface area contributed by atoms with E-state index in [1.54, 1.807) is 13.0 Å². The number of hydrogen-bond donors (Lipinski definition) is 6. The molecule has 1 fully saturated rings. The van der Waals surface area contributed by atoms with Gasteiger partial charge in [-0.15, -0.1) is 0 Å². The molecule has 8 N–H and O–H groups in total. The highest BCUT2D eigenvalue weighted by atomic mass is 16.5. The Kier molecular flexibility index (Phi) is 6.03. The van der Waals surface area contributed by atoms with Gasteiger partial charge in [0, 0.05) is 11.5 Å². The number of esters is 1. The number of likely N-dealkylation sites (N-methyl/N-ethyl adjacent to an activating group) is 1. The Balaban J connectivity index is 1.82. The average molecular weight is 542 g/mol. The Hall–Kier alpha value is -3.90. The number of aromatic hydroxyl groups is 1. The van der Waals surface area contributed by atoms with Crippen LogP contribution in [0.1, 0.15) is 48.0 Å². The summed E-state index contributed by atoms with van der Waals surface area (Å²) >= 11 is 0. The number of primary amides is 1. The summed E-state index contributed by atoms with van der Waals surface area (Å²) in [5.41, 5.74) is 6.92. The fourth-order valence-corrected chi connectivity index (χ4v) is 6.63. The Labute approximate surface area is 223 Å². The number of anilines is 1. The van der Waals surface area contributed by atoms with Crippen LogP contribution >= 0.6 is 0 Å². The molecule has 1 aromatic carbocycles. The van der Waals surface area contributed by atoms with Crippen LogP contribution in [0.5, 0.6) is 5.75 Å². The number of carbonyl (C=O) groups excluding carboxylic acids is 4. The van der Waals surface area contributed by atoms with Crippen LogP contribution in [-0.2, 0) is 19.1 Å². The second-order valence-electron chi connectivity index (χ2n) is 11.1. The van der Waals surface area contributed by atoms with Gasteiger partial charge >= 0.3 is 5.97 Å². The number of aliphatic hydroxyl groups excluding tert-OH is 2. The van der Waals surface area contributed by atoms with Gasteiger partial charge in [-0.3, -0.25) is 24.1 Å². The zero-order valence-corrected chi connectivity index (χ0v) is 21.7. The lowest BCUT2D eigenvalue weighted by molar-refractivity contribution is -0.185. The molecule has 0 heterocycles. The first-order valence-electron chi connectivity index (χ1n) is 12.7. The van der Waals surface area contributed by atoms with Gasteiger partial charge in [-0.2, -0.15) is 0 Å². The average Bonchev–Trinajstić information content (AvgIpc) is 2.81. The topological polar surface area (TPSA) is 214 Å². The van der Waals surface area contributed by atoms with E-state index in [2.05, 4.69) is 0 Å². The fraction of sp³-hybridized carbons (Fsp3) is 0.481. The van der Waals surface area contributed by atoms with E-state index in [9.17, 15) is 39.6 Å². The zero-order valence-electron chi connectivity index (χ0n) is 21.7. The third kappa shape index (κ3) is 3.44. The van der Waals surface area contributed by atoms with Crippen LogP contribution in [-0.4, -0.2) is 80.6 Å². The van der Waals surface area contributed by atoms with Crippen molar-refractivity contribution in [3.8, 4) is 5.75 Å². The molecule has 0 radical (unpaired) electrons. The maximum Gasteiger partial charge on any atom is 0.309 e. The molecule has 4 aliphatic carbocycles. The van der Waals surface area contributed by atoms with E-state index in [-0.39, 0.29) is 11.3 Å². The van der Waals surface area contributed by atoms with E-state index in [0.717, 1.165) is 6.42 Å². The number of nitrogen functional groups attached to an aromatic ring is 1. The lowest BCUT2D eigenvalue weighted by Gasteiger charge is -2.54. The van der Waals surface area contributed by atoms with Gasteiger partial charge in [0.05, 0.1) is 29.1 Å². The summed E-state index contributed by atoms with van der Waals surface area (Å²) in [7, 11) is 3.00. The Morgan fingerprint density at radius 2 is 1.77 bits per heavy atom. The molecule has 0 aliphatic heterocycles. The highest BCUT2D eigenvalue weighted by molar-refractivity contribution is 6.25. The molecule has 6 atom stereocenters. The summed E-state index contributed by atoms with van der Waals surface area (Å²) < 4.78 is 6.00. The molecular weight excluding hydrogens is 510 g/mol. The van der Waals surface area contributed by atoms with Gasteiger partial charge in [-0.1, -0.05) is 19.4 Å². The lowest BCUT2D eigenvalue weighted by Crippen LogP contribution is -2.69. The predicted molar refractivity (Wildman–Crippen MR) is 135 cm³/mol. The summed E-state index contributed by atoms with van der Waals surface area (Å²) in [4.78, 5) is 54.4. The number of nitrogens with two attached hydrogens (primary N) is 2. The van der Waals surface area contributed by atoms with Crippen molar-refractivity contribution in [3.05, 3.63) is 45.9 Å². The van der Waals surface area contributed by atoms with Crippen LogP contribution in [0.2, 0.25) is 0 Å². The van der Waals surface area contributed by atoms with E-state index in [1.165, 1.54) is 25.1 Å². The first-order valence-corrected chi connectivity index (χ1v) is 12.7. The highest BCUT2D eigenvalue weighted by Crippen LogP contribution is 2.57. The van der Waals surface area contributed by atoms with Crippen molar-refractivity contribution in [3.63, 3.8) is 0 Å².